The Bertz CT molecular complexity index is 319. The van der Waals surface area contributed by atoms with Gasteiger partial charge in [0.15, 0.2) is 0 Å². The largest absolute Gasteiger partial charge is 0.372 e. The van der Waals surface area contributed by atoms with Gasteiger partial charge in [0.05, 0.1) is 18.2 Å². The quantitative estimate of drug-likeness (QED) is 0.844. The molecule has 16 heavy (non-hydrogen) atoms. The molecule has 1 aromatic carbocycles. The van der Waals surface area contributed by atoms with Crippen molar-refractivity contribution < 1.29 is 4.74 Å². The molecule has 1 saturated heterocycles. The van der Waals surface area contributed by atoms with Crippen molar-refractivity contribution >= 4 is 0 Å². The second kappa shape index (κ2) is 4.98. The number of benzene rings is 1. The Morgan fingerprint density at radius 2 is 1.94 bits per heavy atom. The van der Waals surface area contributed by atoms with Crippen LogP contribution in [-0.2, 0) is 4.74 Å². The highest BCUT2D eigenvalue weighted by atomic mass is 16.5. The molecular weight excluding hydrogens is 198 g/mol. The standard InChI is InChI=1S/C14H21NO/c1-3-14(4-2)13(15-10-11-16-14)12-8-6-5-7-9-12/h5-9,13,15H,3-4,10-11H2,1-2H3. The number of nitrogens with one attached hydrogen (secondary N) is 1. The molecule has 2 nitrogen and oxygen atoms in total. The zero-order valence-electron chi connectivity index (χ0n) is 10.2. The van der Waals surface area contributed by atoms with Crippen molar-refractivity contribution in [1.82, 2.24) is 5.32 Å². The average Bonchev–Trinajstić information content (AvgIpc) is 2.39. The van der Waals surface area contributed by atoms with Crippen molar-refractivity contribution in [1.29, 1.82) is 0 Å². The lowest BCUT2D eigenvalue weighted by atomic mass is 9.83. The van der Waals surface area contributed by atoms with Crippen LogP contribution in [0.5, 0.6) is 0 Å². The molecule has 0 aliphatic carbocycles. The summed E-state index contributed by atoms with van der Waals surface area (Å²) in [4.78, 5) is 0. The molecule has 1 atom stereocenters. The second-order valence-corrected chi connectivity index (χ2v) is 4.42. The van der Waals surface area contributed by atoms with E-state index in [1.165, 1.54) is 5.56 Å². The van der Waals surface area contributed by atoms with Crippen molar-refractivity contribution in [3.63, 3.8) is 0 Å². The maximum Gasteiger partial charge on any atom is 0.0871 e. The van der Waals surface area contributed by atoms with Crippen molar-refractivity contribution in [2.75, 3.05) is 13.2 Å². The third-order valence-corrected chi connectivity index (χ3v) is 3.70. The van der Waals surface area contributed by atoms with Gasteiger partial charge in [0.2, 0.25) is 0 Å². The smallest absolute Gasteiger partial charge is 0.0871 e. The third-order valence-electron chi connectivity index (χ3n) is 3.70. The Morgan fingerprint density at radius 3 is 2.56 bits per heavy atom. The number of ether oxygens (including phenoxy) is 1. The first-order valence-electron chi connectivity index (χ1n) is 6.24. The summed E-state index contributed by atoms with van der Waals surface area (Å²) >= 11 is 0. The molecule has 1 aliphatic rings. The molecule has 0 amide bonds. The molecule has 88 valence electrons. The van der Waals surface area contributed by atoms with Gasteiger partial charge in [-0.25, -0.2) is 0 Å². The summed E-state index contributed by atoms with van der Waals surface area (Å²) in [5.74, 6) is 0. The van der Waals surface area contributed by atoms with E-state index in [9.17, 15) is 0 Å². The van der Waals surface area contributed by atoms with E-state index in [0.29, 0.717) is 6.04 Å². The van der Waals surface area contributed by atoms with Crippen LogP contribution < -0.4 is 5.32 Å². The van der Waals surface area contributed by atoms with E-state index in [4.69, 9.17) is 4.74 Å². The van der Waals surface area contributed by atoms with Crippen LogP contribution in [0.25, 0.3) is 0 Å². The summed E-state index contributed by atoms with van der Waals surface area (Å²) in [6, 6.07) is 11.0. The molecule has 1 unspecified atom stereocenters. The molecular formula is C14H21NO. The van der Waals surface area contributed by atoms with Crippen LogP contribution in [0.1, 0.15) is 38.3 Å². The minimum Gasteiger partial charge on any atom is -0.372 e. The van der Waals surface area contributed by atoms with Gasteiger partial charge in [-0.05, 0) is 18.4 Å². The van der Waals surface area contributed by atoms with Crippen molar-refractivity contribution in [3.05, 3.63) is 35.9 Å². The van der Waals surface area contributed by atoms with Crippen molar-refractivity contribution in [3.8, 4) is 0 Å². The summed E-state index contributed by atoms with van der Waals surface area (Å²) in [5.41, 5.74) is 1.31. The minimum atomic E-state index is -0.0282. The summed E-state index contributed by atoms with van der Waals surface area (Å²) in [6.45, 7) is 6.20. The average molecular weight is 219 g/mol. The molecule has 1 fully saturated rings. The number of hydrogen-bond acceptors (Lipinski definition) is 2. The van der Waals surface area contributed by atoms with Gasteiger partial charge < -0.3 is 10.1 Å². The van der Waals surface area contributed by atoms with Gasteiger partial charge in [0.1, 0.15) is 0 Å². The fourth-order valence-electron chi connectivity index (χ4n) is 2.66. The maximum absolute atomic E-state index is 6.07. The highest BCUT2D eigenvalue weighted by Gasteiger charge is 2.39. The van der Waals surface area contributed by atoms with Gasteiger partial charge in [-0.15, -0.1) is 0 Å². The van der Waals surface area contributed by atoms with Gasteiger partial charge in [-0.1, -0.05) is 44.2 Å². The van der Waals surface area contributed by atoms with Crippen LogP contribution in [0.3, 0.4) is 0 Å². The fraction of sp³-hybridized carbons (Fsp3) is 0.571. The first kappa shape index (κ1) is 11.6. The predicted molar refractivity (Wildman–Crippen MR) is 66.5 cm³/mol. The van der Waals surface area contributed by atoms with E-state index < -0.39 is 0 Å². The summed E-state index contributed by atoms with van der Waals surface area (Å²) < 4.78 is 6.07. The Kier molecular flexibility index (Phi) is 3.62. The highest BCUT2D eigenvalue weighted by Crippen LogP contribution is 2.37. The summed E-state index contributed by atoms with van der Waals surface area (Å²) in [6.07, 6.45) is 2.10. The normalized spacial score (nSPS) is 24.2. The lowest BCUT2D eigenvalue weighted by Gasteiger charge is -2.44. The SMILES string of the molecule is CCC1(CC)OCCNC1c1ccccc1. The molecule has 0 radical (unpaired) electrons. The molecule has 1 N–H and O–H groups in total. The first-order chi connectivity index (χ1) is 7.82. The lowest BCUT2D eigenvalue weighted by Crippen LogP contribution is -2.51. The van der Waals surface area contributed by atoms with E-state index in [1.807, 2.05) is 0 Å². The van der Waals surface area contributed by atoms with Crippen molar-refractivity contribution in [2.24, 2.45) is 0 Å². The van der Waals surface area contributed by atoms with Crippen LogP contribution >= 0.6 is 0 Å². The molecule has 2 rings (SSSR count). The van der Waals surface area contributed by atoms with Crippen LogP contribution in [0.15, 0.2) is 30.3 Å². The number of morpholine rings is 1. The Hall–Kier alpha value is -0.860. The lowest BCUT2D eigenvalue weighted by molar-refractivity contribution is -0.103. The molecule has 0 spiro atoms. The molecule has 1 aliphatic heterocycles. The number of hydrogen-bond donors (Lipinski definition) is 1. The van der Waals surface area contributed by atoms with Crippen LogP contribution in [0, 0.1) is 0 Å². The van der Waals surface area contributed by atoms with Gasteiger partial charge >= 0.3 is 0 Å². The number of rotatable bonds is 3. The van der Waals surface area contributed by atoms with E-state index in [0.717, 1.165) is 26.0 Å². The fourth-order valence-corrected chi connectivity index (χ4v) is 2.66. The molecule has 1 aromatic rings. The third kappa shape index (κ3) is 2.00. The Labute approximate surface area is 98.0 Å². The van der Waals surface area contributed by atoms with Crippen molar-refractivity contribution in [2.45, 2.75) is 38.3 Å². The Morgan fingerprint density at radius 1 is 1.25 bits per heavy atom. The zero-order chi connectivity index (χ0) is 11.4. The van der Waals surface area contributed by atoms with Gasteiger partial charge in [-0.3, -0.25) is 0 Å². The summed E-state index contributed by atoms with van der Waals surface area (Å²) in [5, 5.41) is 3.60. The second-order valence-electron chi connectivity index (χ2n) is 4.42. The minimum absolute atomic E-state index is 0.0282. The van der Waals surface area contributed by atoms with Gasteiger partial charge in [0, 0.05) is 6.54 Å². The monoisotopic (exact) mass is 219 g/mol. The van der Waals surface area contributed by atoms with Crippen LogP contribution in [0.2, 0.25) is 0 Å². The molecule has 1 heterocycles. The maximum atomic E-state index is 6.07. The van der Waals surface area contributed by atoms with E-state index in [-0.39, 0.29) is 5.60 Å². The van der Waals surface area contributed by atoms with E-state index in [1.54, 1.807) is 0 Å². The molecule has 0 aromatic heterocycles. The van der Waals surface area contributed by atoms with Gasteiger partial charge in [-0.2, -0.15) is 0 Å². The first-order valence-corrected chi connectivity index (χ1v) is 6.24. The molecule has 0 bridgehead atoms. The highest BCUT2D eigenvalue weighted by molar-refractivity contribution is 5.23. The molecule has 2 heteroatoms. The molecule has 0 saturated carbocycles. The van der Waals surface area contributed by atoms with Crippen LogP contribution in [0.4, 0.5) is 0 Å². The predicted octanol–water partition coefficient (Wildman–Crippen LogP) is 2.91. The zero-order valence-corrected chi connectivity index (χ0v) is 10.2. The van der Waals surface area contributed by atoms with E-state index in [2.05, 4.69) is 49.5 Å². The topological polar surface area (TPSA) is 21.3 Å². The van der Waals surface area contributed by atoms with E-state index >= 15 is 0 Å². The summed E-state index contributed by atoms with van der Waals surface area (Å²) in [7, 11) is 0. The van der Waals surface area contributed by atoms with Gasteiger partial charge in [0.25, 0.3) is 0 Å². The Balaban J connectivity index is 2.29. The van der Waals surface area contributed by atoms with Crippen LogP contribution in [-0.4, -0.2) is 18.8 Å².